The van der Waals surface area contributed by atoms with E-state index < -0.39 is 5.91 Å². The van der Waals surface area contributed by atoms with Crippen LogP contribution in [0.15, 0.2) is 58.1 Å². The molecule has 0 aliphatic carbocycles. The van der Waals surface area contributed by atoms with Gasteiger partial charge in [0.15, 0.2) is 17.3 Å². The lowest BCUT2D eigenvalue weighted by molar-refractivity contribution is -0.114. The number of amidine groups is 2. The van der Waals surface area contributed by atoms with Gasteiger partial charge in [-0.15, -0.1) is 0 Å². The maximum atomic E-state index is 12.7. The summed E-state index contributed by atoms with van der Waals surface area (Å²) in [5, 5.41) is 15.7. The van der Waals surface area contributed by atoms with Crippen molar-refractivity contribution in [1.29, 1.82) is 5.41 Å². The molecule has 2 aliphatic heterocycles. The first-order valence-electron chi connectivity index (χ1n) is 11.7. The summed E-state index contributed by atoms with van der Waals surface area (Å²) < 4.78 is 22.6. The van der Waals surface area contributed by atoms with Crippen molar-refractivity contribution in [2.75, 3.05) is 26.9 Å². The summed E-state index contributed by atoms with van der Waals surface area (Å²) in [6.45, 7) is 5.03. The van der Waals surface area contributed by atoms with Crippen LogP contribution in [0.4, 0.5) is 0 Å². The molecule has 2 aliphatic rings. The Kier molecular flexibility index (Phi) is 8.27. The Morgan fingerprint density at radius 3 is 2.61 bits per heavy atom. The third-order valence-electron chi connectivity index (χ3n) is 5.19. The fourth-order valence-electron chi connectivity index (χ4n) is 3.52. The third-order valence-corrected chi connectivity index (χ3v) is 6.16. The van der Waals surface area contributed by atoms with Gasteiger partial charge in [0.2, 0.25) is 5.17 Å². The van der Waals surface area contributed by atoms with Gasteiger partial charge in [0.25, 0.3) is 5.91 Å². The number of ether oxygens (including phenoxy) is 4. The van der Waals surface area contributed by atoms with E-state index in [-0.39, 0.29) is 11.4 Å². The van der Waals surface area contributed by atoms with Gasteiger partial charge in [-0.25, -0.2) is 0 Å². The van der Waals surface area contributed by atoms with Crippen molar-refractivity contribution in [2.45, 2.75) is 26.7 Å². The largest absolute Gasteiger partial charge is 0.497 e. The van der Waals surface area contributed by atoms with Crippen molar-refractivity contribution in [2.24, 2.45) is 10.1 Å². The van der Waals surface area contributed by atoms with Crippen LogP contribution in [0, 0.1) is 5.41 Å². The average Bonchev–Trinajstić information content (AvgIpc) is 3.28. The second-order valence-electron chi connectivity index (χ2n) is 7.78. The van der Waals surface area contributed by atoms with Gasteiger partial charge >= 0.3 is 0 Å². The maximum Gasteiger partial charge on any atom is 0.283 e. The first kappa shape index (κ1) is 25.3. The molecule has 0 unspecified atom stereocenters. The lowest BCUT2D eigenvalue weighted by Gasteiger charge is -2.20. The molecular weight excluding hydrogens is 480 g/mol. The van der Waals surface area contributed by atoms with Gasteiger partial charge in [0.05, 0.1) is 19.3 Å². The summed E-state index contributed by atoms with van der Waals surface area (Å²) in [4.78, 5) is 16.8. The molecule has 0 radical (unpaired) electrons. The van der Waals surface area contributed by atoms with Crippen molar-refractivity contribution < 1.29 is 23.7 Å². The number of benzene rings is 2. The predicted octanol–water partition coefficient (Wildman–Crippen LogP) is 4.97. The highest BCUT2D eigenvalue weighted by molar-refractivity contribution is 8.26. The van der Waals surface area contributed by atoms with Gasteiger partial charge in [-0.05, 0) is 67.4 Å². The van der Waals surface area contributed by atoms with Gasteiger partial charge < -0.3 is 18.9 Å². The van der Waals surface area contributed by atoms with Gasteiger partial charge in [-0.1, -0.05) is 19.1 Å². The standard InChI is InChI=1S/C26H28N4O5S/c1-4-7-23-29-30-24(27)20(25(31)28-26(30)36-23)14-17-10-11-21(22(15-17)33-5-2)35-13-12-34-19-9-6-8-18(16-19)32-3/h6,8-11,14-16,27H,4-5,7,12-13H2,1-3H3/b20-14-,27-24?. The monoisotopic (exact) mass is 508 g/mol. The quantitative estimate of drug-likeness (QED) is 0.337. The summed E-state index contributed by atoms with van der Waals surface area (Å²) in [5.41, 5.74) is 0.860. The van der Waals surface area contributed by atoms with Crippen LogP contribution in [0.1, 0.15) is 32.3 Å². The molecule has 0 bridgehead atoms. The topological polar surface area (TPSA) is 106 Å². The van der Waals surface area contributed by atoms with Gasteiger partial charge in [0, 0.05) is 6.07 Å². The number of amides is 1. The van der Waals surface area contributed by atoms with Crippen molar-refractivity contribution in [3.63, 3.8) is 0 Å². The zero-order valence-electron chi connectivity index (χ0n) is 20.4. The van der Waals surface area contributed by atoms with Gasteiger partial charge in [-0.2, -0.15) is 15.1 Å². The Hall–Kier alpha value is -3.79. The normalized spacial score (nSPS) is 16.0. The van der Waals surface area contributed by atoms with Crippen molar-refractivity contribution in [1.82, 2.24) is 5.01 Å². The first-order valence-corrected chi connectivity index (χ1v) is 12.5. The summed E-state index contributed by atoms with van der Waals surface area (Å²) in [7, 11) is 1.61. The molecule has 4 rings (SSSR count). The van der Waals surface area contributed by atoms with Crippen LogP contribution in [0.3, 0.4) is 0 Å². The fourth-order valence-corrected chi connectivity index (χ4v) is 4.50. The van der Waals surface area contributed by atoms with Crippen LogP contribution in [0.5, 0.6) is 23.0 Å². The Morgan fingerprint density at radius 1 is 1.03 bits per heavy atom. The number of carbonyl (C=O) groups is 1. The van der Waals surface area contributed by atoms with E-state index in [9.17, 15) is 4.79 Å². The number of nitrogens with zero attached hydrogens (tertiary/aromatic N) is 3. The Bertz CT molecular complexity index is 1240. The number of methoxy groups -OCH3 is 1. The van der Waals surface area contributed by atoms with E-state index in [4.69, 9.17) is 24.4 Å². The predicted molar refractivity (Wildman–Crippen MR) is 142 cm³/mol. The Labute approximate surface area is 214 Å². The molecule has 0 fully saturated rings. The Morgan fingerprint density at radius 2 is 1.83 bits per heavy atom. The van der Waals surface area contributed by atoms with E-state index in [1.54, 1.807) is 31.4 Å². The SMILES string of the molecule is CCCC1=NN2C(=N)/C(=C/c3ccc(OCCOc4cccc(OC)c4)c(OCC)c3)C(=O)N=C2S1. The van der Waals surface area contributed by atoms with Crippen molar-refractivity contribution in [3.05, 3.63) is 53.6 Å². The highest BCUT2D eigenvalue weighted by Gasteiger charge is 2.35. The van der Waals surface area contributed by atoms with Crippen molar-refractivity contribution >= 4 is 39.8 Å². The van der Waals surface area contributed by atoms with Gasteiger partial charge in [-0.3, -0.25) is 10.2 Å². The number of carbonyl (C=O) groups excluding carboxylic acids is 1. The lowest BCUT2D eigenvalue weighted by Crippen LogP contribution is -2.35. The first-order chi connectivity index (χ1) is 17.5. The van der Waals surface area contributed by atoms with E-state index in [0.29, 0.717) is 47.8 Å². The van der Waals surface area contributed by atoms with Crippen LogP contribution in [0.25, 0.3) is 6.08 Å². The van der Waals surface area contributed by atoms with Crippen LogP contribution in [-0.4, -0.2) is 53.9 Å². The van der Waals surface area contributed by atoms with E-state index in [0.717, 1.165) is 23.6 Å². The second-order valence-corrected chi connectivity index (χ2v) is 8.82. The number of hydrazone groups is 1. The molecule has 2 heterocycles. The highest BCUT2D eigenvalue weighted by Crippen LogP contribution is 2.32. The molecule has 0 spiro atoms. The van der Waals surface area contributed by atoms with Crippen LogP contribution < -0.4 is 18.9 Å². The number of hydrogen-bond donors (Lipinski definition) is 1. The van der Waals surface area contributed by atoms with Crippen LogP contribution >= 0.6 is 11.8 Å². The molecule has 0 saturated carbocycles. The zero-order valence-corrected chi connectivity index (χ0v) is 21.3. The summed E-state index contributed by atoms with van der Waals surface area (Å²) >= 11 is 1.34. The molecule has 2 aromatic carbocycles. The van der Waals surface area contributed by atoms with Crippen molar-refractivity contribution in [3.8, 4) is 23.0 Å². The molecule has 0 saturated heterocycles. The van der Waals surface area contributed by atoms with Crippen LogP contribution in [0.2, 0.25) is 0 Å². The highest BCUT2D eigenvalue weighted by atomic mass is 32.2. The fraction of sp³-hybridized carbons (Fsp3) is 0.308. The zero-order chi connectivity index (χ0) is 25.5. The lowest BCUT2D eigenvalue weighted by atomic mass is 10.1. The molecule has 2 aromatic rings. The number of aliphatic imine (C=N–C) groups is 1. The van der Waals surface area contributed by atoms with E-state index in [2.05, 4.69) is 17.0 Å². The molecule has 36 heavy (non-hydrogen) atoms. The Balaban J connectivity index is 1.45. The molecule has 10 heteroatoms. The van der Waals surface area contributed by atoms with E-state index in [1.807, 2.05) is 31.2 Å². The number of fused-ring (bicyclic) bond motifs is 1. The minimum atomic E-state index is -0.459. The molecule has 0 aromatic heterocycles. The second kappa shape index (κ2) is 11.8. The number of hydrogen-bond acceptors (Lipinski definition) is 8. The molecule has 188 valence electrons. The number of thioether (sulfide) groups is 1. The number of rotatable bonds is 11. The minimum Gasteiger partial charge on any atom is -0.497 e. The average molecular weight is 509 g/mol. The summed E-state index contributed by atoms with van der Waals surface area (Å²) in [6, 6.07) is 12.7. The molecule has 1 N–H and O–H groups in total. The summed E-state index contributed by atoms with van der Waals surface area (Å²) in [5.74, 6) is 2.06. The summed E-state index contributed by atoms with van der Waals surface area (Å²) in [6.07, 6.45) is 3.34. The van der Waals surface area contributed by atoms with Gasteiger partial charge in [0.1, 0.15) is 29.8 Å². The van der Waals surface area contributed by atoms with E-state index in [1.165, 1.54) is 16.8 Å². The maximum absolute atomic E-state index is 12.7. The van der Waals surface area contributed by atoms with E-state index >= 15 is 0 Å². The molecule has 1 amide bonds. The smallest absolute Gasteiger partial charge is 0.283 e. The number of nitrogens with one attached hydrogen (secondary N) is 1. The van der Waals surface area contributed by atoms with Crippen LogP contribution in [-0.2, 0) is 4.79 Å². The molecule has 0 atom stereocenters. The third kappa shape index (κ3) is 5.88. The minimum absolute atomic E-state index is 0.0107. The molecule has 9 nitrogen and oxygen atoms in total. The molecular formula is C26H28N4O5S.